The predicted molar refractivity (Wildman–Crippen MR) is 147 cm³/mol. The van der Waals surface area contributed by atoms with Gasteiger partial charge in [-0.25, -0.2) is 4.98 Å². The fourth-order valence-corrected chi connectivity index (χ4v) is 5.06. The molecule has 2 N–H and O–H groups in total. The van der Waals surface area contributed by atoms with Gasteiger partial charge in [0.05, 0.1) is 10.5 Å². The van der Waals surface area contributed by atoms with E-state index in [0.29, 0.717) is 40.3 Å². The lowest BCUT2D eigenvalue weighted by atomic mass is 10.1. The van der Waals surface area contributed by atoms with Crippen LogP contribution in [0.25, 0.3) is 28.1 Å². The van der Waals surface area contributed by atoms with Crippen LogP contribution in [0.4, 0.5) is 4.39 Å². The number of aryl methyl sites for hydroxylation is 1. The van der Waals surface area contributed by atoms with Crippen LogP contribution in [-0.2, 0) is 11.3 Å². The maximum atomic E-state index is 13.4. The molecule has 1 aliphatic carbocycles. The molecule has 3 aromatic heterocycles. The first kappa shape index (κ1) is 26.0. The highest BCUT2D eigenvalue weighted by atomic mass is 35.5. The third-order valence-corrected chi connectivity index (χ3v) is 7.40. The third kappa shape index (κ3) is 4.80. The van der Waals surface area contributed by atoms with Crippen molar-refractivity contribution in [3.05, 3.63) is 93.8 Å². The first-order valence-electron chi connectivity index (χ1n) is 12.4. The molecule has 0 radical (unpaired) electrons. The number of hydrogen-bond acceptors (Lipinski definition) is 6. The first-order valence-corrected chi connectivity index (χ1v) is 13.1. The van der Waals surface area contributed by atoms with Crippen molar-refractivity contribution in [2.75, 3.05) is 0 Å². The molecule has 2 amide bonds. The van der Waals surface area contributed by atoms with E-state index >= 15 is 0 Å². The van der Waals surface area contributed by atoms with Gasteiger partial charge in [0.1, 0.15) is 11.2 Å². The molecule has 0 spiro atoms. The topological polar surface area (TPSA) is 115 Å². The van der Waals surface area contributed by atoms with Crippen LogP contribution in [0, 0.1) is 12.9 Å². The predicted octanol–water partition coefficient (Wildman–Crippen LogP) is 5.41. The van der Waals surface area contributed by atoms with Gasteiger partial charge in [-0.05, 0) is 54.8 Å². The van der Waals surface area contributed by atoms with E-state index in [-0.39, 0.29) is 18.0 Å². The molecule has 0 saturated heterocycles. The Balaban J connectivity index is 1.21. The van der Waals surface area contributed by atoms with Crippen LogP contribution in [0.5, 0.6) is 0 Å². The van der Waals surface area contributed by atoms with Crippen molar-refractivity contribution in [2.45, 2.75) is 31.8 Å². The summed E-state index contributed by atoms with van der Waals surface area (Å²) in [5, 5.41) is 11.4. The molecule has 0 bridgehead atoms. The minimum Gasteiger partial charge on any atom is -0.350 e. The van der Waals surface area contributed by atoms with Gasteiger partial charge in [-0.15, -0.1) is 0 Å². The van der Waals surface area contributed by atoms with Crippen molar-refractivity contribution in [1.29, 1.82) is 0 Å². The zero-order chi connectivity index (χ0) is 28.0. The third-order valence-electron chi connectivity index (χ3n) is 6.78. The number of nitrogens with zero attached hydrogens (tertiary/aromatic N) is 4. The van der Waals surface area contributed by atoms with Crippen LogP contribution < -0.4 is 10.6 Å². The van der Waals surface area contributed by atoms with Crippen molar-refractivity contribution in [1.82, 2.24) is 30.3 Å². The first-order chi connectivity index (χ1) is 19.2. The van der Waals surface area contributed by atoms with Gasteiger partial charge in [0.2, 0.25) is 23.6 Å². The zero-order valence-corrected chi connectivity index (χ0v) is 22.6. The summed E-state index contributed by atoms with van der Waals surface area (Å²) in [6.07, 6.45) is 2.21. The maximum absolute atomic E-state index is 13.4. The smallest absolute Gasteiger partial charge is 0.252 e. The highest BCUT2D eigenvalue weighted by molar-refractivity contribution is 6.39. The number of carbonyl (C=O) groups excluding carboxylic acids is 2. The van der Waals surface area contributed by atoms with Crippen LogP contribution in [0.15, 0.2) is 65.3 Å². The Kier molecular flexibility index (Phi) is 6.52. The molecule has 0 aliphatic heterocycles. The standard InChI is InChI=1S/C28H21Cl2FN6O3/c1-15-34-25(36-40-15)24-23(30)20-13-18(29)4-7-21(20)37(24)19-5-2-16(3-6-19)14-33-27(39)28(9-10-28)35-26(38)17-8-11-32-22(31)12-17/h2-8,11-13H,9-10,14H2,1H3,(H,33,39)(H,35,38). The Morgan fingerprint density at radius 1 is 1.10 bits per heavy atom. The van der Waals surface area contributed by atoms with Gasteiger partial charge in [-0.2, -0.15) is 9.37 Å². The average molecular weight is 579 g/mol. The number of hydrogen-bond donors (Lipinski definition) is 2. The summed E-state index contributed by atoms with van der Waals surface area (Å²) in [7, 11) is 0. The van der Waals surface area contributed by atoms with Gasteiger partial charge >= 0.3 is 0 Å². The van der Waals surface area contributed by atoms with Crippen molar-refractivity contribution in [3.8, 4) is 17.2 Å². The molecule has 202 valence electrons. The van der Waals surface area contributed by atoms with Gasteiger partial charge in [0.15, 0.2) is 0 Å². The SMILES string of the molecule is Cc1nc(-c2c(Cl)c3cc(Cl)ccc3n2-c2ccc(CNC(=O)C3(NC(=O)c4ccnc(F)c4)CC3)cc2)no1. The molecule has 6 rings (SSSR count). The lowest BCUT2D eigenvalue weighted by molar-refractivity contribution is -0.124. The Morgan fingerprint density at radius 2 is 1.88 bits per heavy atom. The zero-order valence-electron chi connectivity index (χ0n) is 21.0. The largest absolute Gasteiger partial charge is 0.350 e. The van der Waals surface area contributed by atoms with E-state index in [9.17, 15) is 14.0 Å². The number of rotatable bonds is 7. The van der Waals surface area contributed by atoms with Crippen LogP contribution in [0.3, 0.4) is 0 Å². The Labute approximate surface area is 237 Å². The molecule has 3 heterocycles. The summed E-state index contributed by atoms with van der Waals surface area (Å²) < 4.78 is 20.5. The van der Waals surface area contributed by atoms with E-state index in [4.69, 9.17) is 27.7 Å². The highest BCUT2D eigenvalue weighted by Gasteiger charge is 2.51. The molecule has 0 unspecified atom stereocenters. The van der Waals surface area contributed by atoms with Gasteiger partial charge < -0.3 is 19.7 Å². The summed E-state index contributed by atoms with van der Waals surface area (Å²) in [6, 6.07) is 15.4. The maximum Gasteiger partial charge on any atom is 0.252 e. The minimum atomic E-state index is -1.00. The number of pyridine rings is 1. The van der Waals surface area contributed by atoms with E-state index in [1.165, 1.54) is 12.3 Å². The Bertz CT molecular complexity index is 1780. The summed E-state index contributed by atoms with van der Waals surface area (Å²) in [5.74, 6) is -0.829. The van der Waals surface area contributed by atoms with Crippen LogP contribution in [0.1, 0.15) is 34.7 Å². The molecule has 1 aliphatic rings. The van der Waals surface area contributed by atoms with Gasteiger partial charge in [0, 0.05) is 47.4 Å². The van der Waals surface area contributed by atoms with Crippen LogP contribution in [-0.4, -0.2) is 37.0 Å². The number of amides is 2. The highest BCUT2D eigenvalue weighted by Crippen LogP contribution is 2.40. The molecule has 1 saturated carbocycles. The molecule has 9 nitrogen and oxygen atoms in total. The second-order valence-corrected chi connectivity index (χ2v) is 10.4. The number of aromatic nitrogens is 4. The quantitative estimate of drug-likeness (QED) is 0.249. The van der Waals surface area contributed by atoms with Crippen molar-refractivity contribution in [3.63, 3.8) is 0 Å². The van der Waals surface area contributed by atoms with E-state index in [1.807, 2.05) is 34.9 Å². The number of fused-ring (bicyclic) bond motifs is 1. The van der Waals surface area contributed by atoms with Gasteiger partial charge in [-0.3, -0.25) is 9.59 Å². The van der Waals surface area contributed by atoms with Gasteiger partial charge in [0.25, 0.3) is 5.91 Å². The Hall–Kier alpha value is -4.28. The summed E-state index contributed by atoms with van der Waals surface area (Å²) >= 11 is 13.0. The molecule has 2 aromatic carbocycles. The minimum absolute atomic E-state index is 0.109. The van der Waals surface area contributed by atoms with Gasteiger partial charge in [-0.1, -0.05) is 40.5 Å². The van der Waals surface area contributed by atoms with Crippen LogP contribution in [0.2, 0.25) is 10.0 Å². The molecule has 1 fully saturated rings. The average Bonchev–Trinajstić information content (AvgIpc) is 3.52. The number of benzene rings is 2. The fraction of sp³-hybridized carbons (Fsp3) is 0.179. The van der Waals surface area contributed by atoms with Crippen molar-refractivity contribution in [2.24, 2.45) is 0 Å². The second-order valence-electron chi connectivity index (χ2n) is 9.55. The fourth-order valence-electron chi connectivity index (χ4n) is 4.57. The molecule has 0 atom stereocenters. The summed E-state index contributed by atoms with van der Waals surface area (Å²) in [5.41, 5.74) is 2.12. The summed E-state index contributed by atoms with van der Waals surface area (Å²) in [6.45, 7) is 1.95. The Morgan fingerprint density at radius 3 is 2.55 bits per heavy atom. The monoisotopic (exact) mass is 578 g/mol. The lowest BCUT2D eigenvalue weighted by Gasteiger charge is -2.17. The molecule has 12 heteroatoms. The van der Waals surface area contributed by atoms with Crippen molar-refractivity contribution >= 4 is 45.9 Å². The number of halogens is 3. The molecule has 5 aromatic rings. The summed E-state index contributed by atoms with van der Waals surface area (Å²) in [4.78, 5) is 33.3. The normalized spacial score (nSPS) is 13.8. The van der Waals surface area contributed by atoms with Crippen molar-refractivity contribution < 1.29 is 18.5 Å². The number of carbonyl (C=O) groups is 2. The van der Waals surface area contributed by atoms with E-state index in [1.54, 1.807) is 19.1 Å². The number of nitrogens with one attached hydrogen (secondary N) is 2. The molecule has 40 heavy (non-hydrogen) atoms. The van der Waals surface area contributed by atoms with E-state index in [2.05, 4.69) is 25.8 Å². The second kappa shape index (κ2) is 10.0. The van der Waals surface area contributed by atoms with Crippen LogP contribution >= 0.6 is 23.2 Å². The van der Waals surface area contributed by atoms with E-state index < -0.39 is 17.4 Å². The lowest BCUT2D eigenvalue weighted by Crippen LogP contribution is -2.48. The van der Waals surface area contributed by atoms with E-state index in [0.717, 1.165) is 28.2 Å². The molecular formula is C28H21Cl2FN6O3. The molecular weight excluding hydrogens is 558 g/mol.